The highest BCUT2D eigenvalue weighted by Gasteiger charge is 2.20. The largest absolute Gasteiger partial charge is 0.419 e. The predicted molar refractivity (Wildman–Crippen MR) is 72.8 cm³/mol. The molecule has 0 saturated heterocycles. The van der Waals surface area contributed by atoms with E-state index in [1.54, 1.807) is 13.1 Å². The Morgan fingerprint density at radius 2 is 2.05 bits per heavy atom. The van der Waals surface area contributed by atoms with Crippen LogP contribution in [0.25, 0.3) is 11.1 Å². The Bertz CT molecular complexity index is 674. The van der Waals surface area contributed by atoms with Gasteiger partial charge in [-0.3, -0.25) is 9.36 Å². The van der Waals surface area contributed by atoms with Crippen LogP contribution < -0.4 is 11.1 Å². The topological polar surface area (TPSA) is 64.2 Å². The number of hydrogen-bond donors (Lipinski definition) is 1. The van der Waals surface area contributed by atoms with Crippen molar-refractivity contribution in [1.82, 2.24) is 9.88 Å². The molecule has 0 fully saturated rings. The molecule has 0 aliphatic rings. The average Bonchev–Trinajstić information content (AvgIpc) is 2.60. The molecular formula is C14H18N2O3. The maximum Gasteiger partial charge on any atom is 0.419 e. The lowest BCUT2D eigenvalue weighted by atomic mass is 9.95. The fourth-order valence-electron chi connectivity index (χ4n) is 1.74. The second kappa shape index (κ2) is 4.57. The number of aryl methyl sites for hydroxylation is 1. The van der Waals surface area contributed by atoms with Crippen LogP contribution in [0.15, 0.2) is 27.4 Å². The Balaban J connectivity index is 2.19. The van der Waals surface area contributed by atoms with Crippen LogP contribution in [0.3, 0.4) is 0 Å². The molecule has 0 aliphatic carbocycles. The van der Waals surface area contributed by atoms with Gasteiger partial charge in [-0.15, -0.1) is 0 Å². The Morgan fingerprint density at radius 3 is 2.68 bits per heavy atom. The Kier molecular flexibility index (Phi) is 3.22. The van der Waals surface area contributed by atoms with Gasteiger partial charge in [0.1, 0.15) is 0 Å². The number of fused-ring (bicyclic) bond motifs is 1. The predicted octanol–water partition coefficient (Wildman–Crippen LogP) is 1.79. The lowest BCUT2D eigenvalue weighted by molar-refractivity contribution is -0.128. The standard InChI is InChI=1S/C14H18N2O3/c1-14(2,3)12(17)15-8-9-5-6-10-11(7-9)19-13(18)16(10)4/h5-7H,8H2,1-4H3,(H,15,17). The third kappa shape index (κ3) is 2.70. The van der Waals surface area contributed by atoms with Gasteiger partial charge in [0.15, 0.2) is 5.58 Å². The van der Waals surface area contributed by atoms with Gasteiger partial charge in [0, 0.05) is 19.0 Å². The maximum absolute atomic E-state index is 11.8. The summed E-state index contributed by atoms with van der Waals surface area (Å²) >= 11 is 0. The molecular weight excluding hydrogens is 244 g/mol. The molecule has 2 aromatic rings. The number of oxazole rings is 1. The van der Waals surface area contributed by atoms with Crippen LogP contribution in [0.5, 0.6) is 0 Å². The van der Waals surface area contributed by atoms with E-state index in [1.165, 1.54) is 4.57 Å². The number of aromatic nitrogens is 1. The number of nitrogens with one attached hydrogen (secondary N) is 1. The Morgan fingerprint density at radius 1 is 1.37 bits per heavy atom. The van der Waals surface area contributed by atoms with E-state index in [2.05, 4.69) is 5.32 Å². The summed E-state index contributed by atoms with van der Waals surface area (Å²) in [7, 11) is 1.66. The molecule has 0 atom stereocenters. The van der Waals surface area contributed by atoms with Crippen molar-refractivity contribution in [2.45, 2.75) is 27.3 Å². The van der Waals surface area contributed by atoms with Crippen LogP contribution in [0.1, 0.15) is 26.3 Å². The summed E-state index contributed by atoms with van der Waals surface area (Å²) in [6, 6.07) is 5.47. The Labute approximate surface area is 111 Å². The number of carbonyl (C=O) groups is 1. The van der Waals surface area contributed by atoms with Crippen molar-refractivity contribution in [3.8, 4) is 0 Å². The highest BCUT2D eigenvalue weighted by atomic mass is 16.4. The molecule has 2 rings (SSSR count). The summed E-state index contributed by atoms with van der Waals surface area (Å²) in [5.41, 5.74) is 1.77. The summed E-state index contributed by atoms with van der Waals surface area (Å²) < 4.78 is 6.56. The molecule has 1 aromatic heterocycles. The molecule has 0 aliphatic heterocycles. The normalized spacial score (nSPS) is 11.8. The van der Waals surface area contributed by atoms with E-state index in [9.17, 15) is 9.59 Å². The van der Waals surface area contributed by atoms with E-state index in [0.29, 0.717) is 12.1 Å². The highest BCUT2D eigenvalue weighted by Crippen LogP contribution is 2.16. The molecule has 1 N–H and O–H groups in total. The molecule has 1 heterocycles. The van der Waals surface area contributed by atoms with E-state index >= 15 is 0 Å². The summed E-state index contributed by atoms with van der Waals surface area (Å²) in [6.07, 6.45) is 0. The first-order valence-electron chi connectivity index (χ1n) is 6.16. The number of benzene rings is 1. The van der Waals surface area contributed by atoms with Crippen LogP contribution in [0.2, 0.25) is 0 Å². The third-order valence-electron chi connectivity index (χ3n) is 2.99. The molecule has 19 heavy (non-hydrogen) atoms. The molecule has 0 radical (unpaired) electrons. The summed E-state index contributed by atoms with van der Waals surface area (Å²) in [5.74, 6) is -0.395. The van der Waals surface area contributed by atoms with Gasteiger partial charge in [-0.25, -0.2) is 4.79 Å². The monoisotopic (exact) mass is 262 g/mol. The van der Waals surface area contributed by atoms with Crippen molar-refractivity contribution >= 4 is 17.0 Å². The number of nitrogens with zero attached hydrogens (tertiary/aromatic N) is 1. The number of rotatable bonds is 2. The summed E-state index contributed by atoms with van der Waals surface area (Å²) in [5, 5.41) is 2.86. The van der Waals surface area contributed by atoms with Crippen molar-refractivity contribution in [3.05, 3.63) is 34.3 Å². The van der Waals surface area contributed by atoms with Crippen LogP contribution in [-0.4, -0.2) is 10.5 Å². The first kappa shape index (κ1) is 13.4. The van der Waals surface area contributed by atoms with Gasteiger partial charge in [0.2, 0.25) is 5.91 Å². The zero-order chi connectivity index (χ0) is 14.2. The Hall–Kier alpha value is -2.04. The van der Waals surface area contributed by atoms with Gasteiger partial charge < -0.3 is 9.73 Å². The van der Waals surface area contributed by atoms with E-state index in [4.69, 9.17) is 4.42 Å². The van der Waals surface area contributed by atoms with E-state index in [-0.39, 0.29) is 11.7 Å². The lowest BCUT2D eigenvalue weighted by Crippen LogP contribution is -2.34. The van der Waals surface area contributed by atoms with Crippen LogP contribution in [0.4, 0.5) is 0 Å². The fraction of sp³-hybridized carbons (Fsp3) is 0.429. The minimum atomic E-state index is -0.413. The average molecular weight is 262 g/mol. The van der Waals surface area contributed by atoms with Crippen LogP contribution >= 0.6 is 0 Å². The van der Waals surface area contributed by atoms with Gasteiger partial charge >= 0.3 is 5.76 Å². The van der Waals surface area contributed by atoms with Gasteiger partial charge in [-0.2, -0.15) is 0 Å². The van der Waals surface area contributed by atoms with Crippen molar-refractivity contribution in [2.24, 2.45) is 12.5 Å². The zero-order valence-electron chi connectivity index (χ0n) is 11.6. The number of amides is 1. The van der Waals surface area contributed by atoms with Crippen molar-refractivity contribution in [1.29, 1.82) is 0 Å². The van der Waals surface area contributed by atoms with Crippen molar-refractivity contribution in [2.75, 3.05) is 0 Å². The molecule has 5 heteroatoms. The minimum absolute atomic E-state index is 0.0119. The molecule has 1 amide bonds. The number of carbonyl (C=O) groups excluding carboxylic acids is 1. The molecule has 102 valence electrons. The second-order valence-electron chi connectivity index (χ2n) is 5.66. The SMILES string of the molecule is Cn1c(=O)oc2cc(CNC(=O)C(C)(C)C)ccc21. The molecule has 0 unspecified atom stereocenters. The van der Waals surface area contributed by atoms with Gasteiger partial charge in [-0.05, 0) is 17.7 Å². The number of hydrogen-bond acceptors (Lipinski definition) is 3. The van der Waals surface area contributed by atoms with E-state index in [0.717, 1.165) is 11.1 Å². The fourth-order valence-corrected chi connectivity index (χ4v) is 1.74. The quantitative estimate of drug-likeness (QED) is 0.897. The molecule has 1 aromatic carbocycles. The molecule has 0 spiro atoms. The summed E-state index contributed by atoms with van der Waals surface area (Å²) in [6.45, 7) is 6.01. The maximum atomic E-state index is 11.8. The molecule has 0 saturated carbocycles. The van der Waals surface area contributed by atoms with Crippen LogP contribution in [0, 0.1) is 5.41 Å². The second-order valence-corrected chi connectivity index (χ2v) is 5.66. The van der Waals surface area contributed by atoms with Crippen molar-refractivity contribution in [3.63, 3.8) is 0 Å². The van der Waals surface area contributed by atoms with E-state index in [1.807, 2.05) is 32.9 Å². The first-order chi connectivity index (χ1) is 8.79. The van der Waals surface area contributed by atoms with Crippen molar-refractivity contribution < 1.29 is 9.21 Å². The summed E-state index contributed by atoms with van der Waals surface area (Å²) in [4.78, 5) is 23.1. The van der Waals surface area contributed by atoms with Gasteiger partial charge in [0.25, 0.3) is 0 Å². The smallest absolute Gasteiger partial charge is 0.408 e. The molecule has 0 bridgehead atoms. The minimum Gasteiger partial charge on any atom is -0.408 e. The first-order valence-corrected chi connectivity index (χ1v) is 6.16. The van der Waals surface area contributed by atoms with Gasteiger partial charge in [0.05, 0.1) is 5.52 Å². The molecule has 5 nitrogen and oxygen atoms in total. The third-order valence-corrected chi connectivity index (χ3v) is 2.99. The highest BCUT2D eigenvalue weighted by molar-refractivity contribution is 5.81. The van der Waals surface area contributed by atoms with Gasteiger partial charge in [-0.1, -0.05) is 26.8 Å². The van der Waals surface area contributed by atoms with Crippen LogP contribution in [-0.2, 0) is 18.4 Å². The van der Waals surface area contributed by atoms with E-state index < -0.39 is 5.41 Å². The lowest BCUT2D eigenvalue weighted by Gasteiger charge is -2.17. The zero-order valence-corrected chi connectivity index (χ0v) is 11.6.